The second-order valence-corrected chi connectivity index (χ2v) is 9.89. The molecule has 7 nitrogen and oxygen atoms in total. The zero-order valence-corrected chi connectivity index (χ0v) is 23.0. The number of quaternary nitrogens is 1. The molecule has 3 aromatic carbocycles. The fourth-order valence-corrected chi connectivity index (χ4v) is 5.32. The quantitative estimate of drug-likeness (QED) is 0.258. The van der Waals surface area contributed by atoms with Crippen molar-refractivity contribution in [1.82, 2.24) is 0 Å². The molecule has 202 valence electrons. The lowest BCUT2D eigenvalue weighted by molar-refractivity contribution is -0.940. The number of fused-ring (bicyclic) bond motifs is 1. The fraction of sp³-hybridized carbons (Fsp3) is 0.387. The Balaban J connectivity index is 1.60. The molecule has 0 saturated carbocycles. The molecular weight excluding hydrogens is 482 g/mol. The van der Waals surface area contributed by atoms with Crippen LogP contribution in [0.2, 0.25) is 0 Å². The summed E-state index contributed by atoms with van der Waals surface area (Å²) in [6.07, 6.45) is 1.99. The first-order valence-corrected chi connectivity index (χ1v) is 12.9. The highest BCUT2D eigenvalue weighted by Gasteiger charge is 2.40. The van der Waals surface area contributed by atoms with Crippen LogP contribution in [0.15, 0.2) is 60.7 Å². The van der Waals surface area contributed by atoms with E-state index in [-0.39, 0.29) is 18.6 Å². The Hall–Kier alpha value is -3.71. The van der Waals surface area contributed by atoms with E-state index in [1.807, 2.05) is 42.5 Å². The van der Waals surface area contributed by atoms with Gasteiger partial charge >= 0.3 is 5.97 Å². The van der Waals surface area contributed by atoms with Crippen LogP contribution in [-0.2, 0) is 29.0 Å². The lowest BCUT2D eigenvalue weighted by Crippen LogP contribution is -2.53. The number of carbonyl (C=O) groups excluding carboxylic acids is 1. The molecule has 1 unspecified atom stereocenters. The molecular formula is C31H38NO6+. The molecule has 7 heteroatoms. The highest BCUT2D eigenvalue weighted by molar-refractivity contribution is 5.69. The van der Waals surface area contributed by atoms with Crippen LogP contribution in [0.25, 0.3) is 0 Å². The Kier molecular flexibility index (Phi) is 8.79. The minimum atomic E-state index is -0.184. The van der Waals surface area contributed by atoms with E-state index in [1.54, 1.807) is 28.4 Å². The maximum atomic E-state index is 12.8. The van der Waals surface area contributed by atoms with E-state index < -0.39 is 0 Å². The van der Waals surface area contributed by atoms with Gasteiger partial charge in [0.2, 0.25) is 0 Å². The number of likely N-dealkylation sites (N-methyl/N-ethyl adjacent to an activating group) is 1. The molecule has 2 atom stereocenters. The van der Waals surface area contributed by atoms with E-state index in [0.717, 1.165) is 36.3 Å². The summed E-state index contributed by atoms with van der Waals surface area (Å²) >= 11 is 0. The number of nitrogens with zero attached hydrogens (tertiary/aromatic N) is 1. The first-order valence-electron chi connectivity index (χ1n) is 12.9. The molecule has 0 fully saturated rings. The van der Waals surface area contributed by atoms with Gasteiger partial charge in [0, 0.05) is 18.4 Å². The molecule has 1 heterocycles. The van der Waals surface area contributed by atoms with Crippen molar-refractivity contribution in [3.05, 3.63) is 82.9 Å². The summed E-state index contributed by atoms with van der Waals surface area (Å²) in [7, 11) is 8.84. The maximum Gasteiger partial charge on any atom is 0.311 e. The van der Waals surface area contributed by atoms with Crippen molar-refractivity contribution < 1.29 is 33.0 Å². The van der Waals surface area contributed by atoms with Gasteiger partial charge in [0.05, 0.1) is 55.0 Å². The van der Waals surface area contributed by atoms with Crippen LogP contribution in [0, 0.1) is 0 Å². The zero-order valence-electron chi connectivity index (χ0n) is 23.0. The first-order chi connectivity index (χ1) is 18.4. The van der Waals surface area contributed by atoms with Crippen molar-refractivity contribution in [2.45, 2.75) is 31.9 Å². The zero-order chi connectivity index (χ0) is 27.1. The number of esters is 1. The van der Waals surface area contributed by atoms with E-state index in [2.05, 4.69) is 25.2 Å². The molecule has 0 aliphatic carbocycles. The molecule has 0 radical (unpaired) electrons. The van der Waals surface area contributed by atoms with Gasteiger partial charge in [-0.3, -0.25) is 4.79 Å². The first kappa shape index (κ1) is 27.3. The van der Waals surface area contributed by atoms with Crippen molar-refractivity contribution in [2.75, 3.05) is 48.6 Å². The van der Waals surface area contributed by atoms with Crippen molar-refractivity contribution >= 4 is 5.97 Å². The molecule has 0 aromatic heterocycles. The third-order valence-corrected chi connectivity index (χ3v) is 7.60. The fourth-order valence-electron chi connectivity index (χ4n) is 5.32. The van der Waals surface area contributed by atoms with Crippen molar-refractivity contribution in [2.24, 2.45) is 0 Å². The summed E-state index contributed by atoms with van der Waals surface area (Å²) in [5.74, 6) is 2.66. The third-order valence-electron chi connectivity index (χ3n) is 7.60. The minimum Gasteiger partial charge on any atom is -0.493 e. The molecule has 0 amide bonds. The molecule has 0 N–H and O–H groups in total. The lowest BCUT2D eigenvalue weighted by Gasteiger charge is -2.46. The van der Waals surface area contributed by atoms with Gasteiger partial charge in [-0.15, -0.1) is 0 Å². The van der Waals surface area contributed by atoms with Crippen LogP contribution in [0.4, 0.5) is 0 Å². The number of benzene rings is 3. The molecule has 1 aliphatic rings. The van der Waals surface area contributed by atoms with Crippen LogP contribution in [0.3, 0.4) is 0 Å². The SMILES string of the molecule is COc1ccc(C[C@@H]2c3cc(OC)c(OC)cc3CC[N+]2(C)CCC(=O)OCc2ccccc2)cc1OC. The van der Waals surface area contributed by atoms with Gasteiger partial charge in [0.25, 0.3) is 0 Å². The summed E-state index contributed by atoms with van der Waals surface area (Å²) in [5.41, 5.74) is 4.58. The number of carbonyl (C=O) groups is 1. The molecule has 38 heavy (non-hydrogen) atoms. The van der Waals surface area contributed by atoms with Gasteiger partial charge in [-0.25, -0.2) is 0 Å². The normalized spacial score (nSPS) is 18.3. The number of ether oxygens (including phenoxy) is 5. The molecule has 0 saturated heterocycles. The van der Waals surface area contributed by atoms with Gasteiger partial charge in [-0.1, -0.05) is 36.4 Å². The van der Waals surface area contributed by atoms with Gasteiger partial charge in [-0.2, -0.15) is 0 Å². The van der Waals surface area contributed by atoms with Crippen molar-refractivity contribution in [1.29, 1.82) is 0 Å². The van der Waals surface area contributed by atoms with Crippen molar-refractivity contribution in [3.8, 4) is 23.0 Å². The second-order valence-electron chi connectivity index (χ2n) is 9.89. The Labute approximate surface area is 225 Å². The molecule has 4 rings (SSSR count). The standard InChI is InChI=1S/C31H38NO6/c1-32(16-14-31(33)38-21-22-9-7-6-8-10-22)15-13-24-19-29(36-4)30(37-5)20-25(24)26(32)17-23-11-12-27(34-2)28(18-23)35-3/h6-12,18-20,26H,13-17,21H2,1-5H3/q+1/t26-,32?/m1/s1. The van der Waals surface area contributed by atoms with Crippen molar-refractivity contribution in [3.63, 3.8) is 0 Å². The van der Waals surface area contributed by atoms with E-state index in [9.17, 15) is 4.79 Å². The highest BCUT2D eigenvalue weighted by atomic mass is 16.5. The van der Waals surface area contributed by atoms with Crippen LogP contribution in [0.1, 0.15) is 34.7 Å². The minimum absolute atomic E-state index is 0.0959. The van der Waals surface area contributed by atoms with Crippen LogP contribution in [0.5, 0.6) is 23.0 Å². The Morgan fingerprint density at radius 2 is 1.47 bits per heavy atom. The van der Waals surface area contributed by atoms with Crippen LogP contribution < -0.4 is 18.9 Å². The highest BCUT2D eigenvalue weighted by Crippen LogP contribution is 2.43. The van der Waals surface area contributed by atoms with Crippen LogP contribution >= 0.6 is 0 Å². The molecule has 0 spiro atoms. The molecule has 1 aliphatic heterocycles. The second kappa shape index (κ2) is 12.2. The number of methoxy groups -OCH3 is 4. The average molecular weight is 521 g/mol. The van der Waals surface area contributed by atoms with Gasteiger partial charge in [-0.05, 0) is 41.0 Å². The largest absolute Gasteiger partial charge is 0.493 e. The topological polar surface area (TPSA) is 63.2 Å². The predicted molar refractivity (Wildman–Crippen MR) is 146 cm³/mol. The van der Waals surface area contributed by atoms with Gasteiger partial charge in [0.15, 0.2) is 23.0 Å². The number of hydrogen-bond acceptors (Lipinski definition) is 6. The summed E-state index contributed by atoms with van der Waals surface area (Å²) < 4.78 is 28.6. The Morgan fingerprint density at radius 3 is 2.16 bits per heavy atom. The third kappa shape index (κ3) is 6.05. The van der Waals surface area contributed by atoms with E-state index in [1.165, 1.54) is 11.1 Å². The molecule has 0 bridgehead atoms. The maximum absolute atomic E-state index is 12.8. The summed E-state index contributed by atoms with van der Waals surface area (Å²) in [5, 5.41) is 0. The Bertz CT molecular complexity index is 1240. The lowest BCUT2D eigenvalue weighted by atomic mass is 9.86. The summed E-state index contributed by atoms with van der Waals surface area (Å²) in [6, 6.07) is 20.1. The summed E-state index contributed by atoms with van der Waals surface area (Å²) in [6.45, 7) is 1.85. The van der Waals surface area contributed by atoms with Gasteiger partial charge < -0.3 is 28.2 Å². The predicted octanol–water partition coefficient (Wildman–Crippen LogP) is 5.14. The van der Waals surface area contributed by atoms with E-state index in [0.29, 0.717) is 34.7 Å². The molecule has 3 aromatic rings. The van der Waals surface area contributed by atoms with E-state index >= 15 is 0 Å². The monoisotopic (exact) mass is 520 g/mol. The van der Waals surface area contributed by atoms with E-state index in [4.69, 9.17) is 23.7 Å². The van der Waals surface area contributed by atoms with Crippen LogP contribution in [-0.4, -0.2) is 59.0 Å². The number of rotatable bonds is 11. The smallest absolute Gasteiger partial charge is 0.311 e. The Morgan fingerprint density at radius 1 is 0.816 bits per heavy atom. The summed E-state index contributed by atoms with van der Waals surface area (Å²) in [4.78, 5) is 12.8. The number of hydrogen-bond donors (Lipinski definition) is 0. The average Bonchev–Trinajstić information content (AvgIpc) is 2.96. The van der Waals surface area contributed by atoms with Gasteiger partial charge in [0.1, 0.15) is 12.6 Å².